The highest BCUT2D eigenvalue weighted by Crippen LogP contribution is 2.23. The first-order valence-corrected chi connectivity index (χ1v) is 6.40. The Hall–Kier alpha value is -2.37. The molecule has 0 atom stereocenters. The molecule has 0 aliphatic carbocycles. The number of aryl methyl sites for hydroxylation is 1. The molecule has 2 aromatic rings. The van der Waals surface area contributed by atoms with Crippen LogP contribution in [-0.2, 0) is 4.79 Å². The Morgan fingerprint density at radius 1 is 1.40 bits per heavy atom. The van der Waals surface area contributed by atoms with Crippen molar-refractivity contribution in [3.05, 3.63) is 29.7 Å². The highest BCUT2D eigenvalue weighted by atomic mass is 16.5. The van der Waals surface area contributed by atoms with Crippen LogP contribution < -0.4 is 4.74 Å². The van der Waals surface area contributed by atoms with Crippen LogP contribution in [0, 0.1) is 6.92 Å². The van der Waals surface area contributed by atoms with Gasteiger partial charge in [-0.15, -0.1) is 0 Å². The summed E-state index contributed by atoms with van der Waals surface area (Å²) in [6, 6.07) is 3.56. The lowest BCUT2D eigenvalue weighted by molar-refractivity contribution is -0.136. The third-order valence-electron chi connectivity index (χ3n) is 2.92. The van der Waals surface area contributed by atoms with Crippen molar-refractivity contribution in [2.24, 2.45) is 0 Å². The first kappa shape index (κ1) is 14.0. The zero-order valence-electron chi connectivity index (χ0n) is 11.4. The van der Waals surface area contributed by atoms with Gasteiger partial charge in [-0.25, -0.2) is 4.98 Å². The largest absolute Gasteiger partial charge is 0.490 e. The molecule has 20 heavy (non-hydrogen) atoms. The van der Waals surface area contributed by atoms with Crippen LogP contribution >= 0.6 is 0 Å². The molecule has 0 spiro atoms. The van der Waals surface area contributed by atoms with E-state index in [1.165, 1.54) is 0 Å². The van der Waals surface area contributed by atoms with Gasteiger partial charge in [-0.05, 0) is 26.0 Å². The molecule has 1 N–H and O–H groups in total. The molecule has 2 rings (SSSR count). The van der Waals surface area contributed by atoms with Gasteiger partial charge in [0.2, 0.25) is 0 Å². The second-order valence-electron chi connectivity index (χ2n) is 4.36. The Labute approximate surface area is 116 Å². The van der Waals surface area contributed by atoms with E-state index in [9.17, 15) is 9.59 Å². The molecular weight excluding hydrogens is 260 g/mol. The van der Waals surface area contributed by atoms with Crippen molar-refractivity contribution in [1.29, 1.82) is 0 Å². The Bertz CT molecular complexity index is 660. The highest BCUT2D eigenvalue weighted by Gasteiger charge is 2.19. The molecule has 0 fully saturated rings. The monoisotopic (exact) mass is 276 g/mol. The molecule has 0 aliphatic heterocycles. The minimum absolute atomic E-state index is 0.0389. The molecule has 2 heterocycles. The normalized spacial score (nSPS) is 10.7. The average Bonchev–Trinajstić information content (AvgIpc) is 2.73. The average molecular weight is 276 g/mol. The molecule has 0 amide bonds. The van der Waals surface area contributed by atoms with E-state index in [2.05, 4.69) is 4.98 Å². The van der Waals surface area contributed by atoms with E-state index < -0.39 is 5.97 Å². The molecule has 6 heteroatoms. The zero-order valence-corrected chi connectivity index (χ0v) is 11.4. The summed E-state index contributed by atoms with van der Waals surface area (Å²) in [7, 11) is 0. The van der Waals surface area contributed by atoms with Crippen LogP contribution in [0.5, 0.6) is 5.75 Å². The van der Waals surface area contributed by atoms with Gasteiger partial charge in [0.25, 0.3) is 0 Å². The molecule has 106 valence electrons. The number of carboxylic acids is 1. The number of fused-ring (bicyclic) bond motifs is 1. The maximum Gasteiger partial charge on any atom is 0.303 e. The standard InChI is InChI=1S/C14H16N2O4/c1-3-20-11-5-4-8-16-13(9(2)15-14(11)16)10(17)6-7-12(18)19/h4-5,8H,3,6-7H2,1-2H3,(H,18,19). The summed E-state index contributed by atoms with van der Waals surface area (Å²) in [6.07, 6.45) is 1.51. The van der Waals surface area contributed by atoms with E-state index in [1.54, 1.807) is 29.7 Å². The van der Waals surface area contributed by atoms with Crippen molar-refractivity contribution in [2.45, 2.75) is 26.7 Å². The van der Waals surface area contributed by atoms with Gasteiger partial charge >= 0.3 is 5.97 Å². The SMILES string of the molecule is CCOc1cccn2c(C(=O)CCC(=O)O)c(C)nc12. The first-order valence-electron chi connectivity index (χ1n) is 6.40. The highest BCUT2D eigenvalue weighted by molar-refractivity contribution is 5.98. The van der Waals surface area contributed by atoms with Crippen LogP contribution in [0.4, 0.5) is 0 Å². The van der Waals surface area contributed by atoms with Gasteiger partial charge in [-0.3, -0.25) is 14.0 Å². The molecule has 0 aliphatic rings. The number of ketones is 1. The van der Waals surface area contributed by atoms with Gasteiger partial charge in [0.05, 0.1) is 18.7 Å². The molecule has 0 saturated carbocycles. The number of ether oxygens (including phenoxy) is 1. The van der Waals surface area contributed by atoms with E-state index in [1.807, 2.05) is 6.92 Å². The molecule has 0 bridgehead atoms. The van der Waals surface area contributed by atoms with Crippen molar-refractivity contribution in [3.8, 4) is 5.75 Å². The van der Waals surface area contributed by atoms with Crippen LogP contribution in [0.15, 0.2) is 18.3 Å². The number of Topliss-reactive ketones (excluding diaryl/α,β-unsaturated/α-hetero) is 1. The third kappa shape index (κ3) is 2.64. The number of hydrogen-bond donors (Lipinski definition) is 1. The van der Waals surface area contributed by atoms with Crippen LogP contribution in [0.3, 0.4) is 0 Å². The number of carbonyl (C=O) groups is 2. The number of nitrogens with zero attached hydrogens (tertiary/aromatic N) is 2. The van der Waals surface area contributed by atoms with Gasteiger partial charge in [-0.2, -0.15) is 0 Å². The lowest BCUT2D eigenvalue weighted by Gasteiger charge is -2.05. The summed E-state index contributed by atoms with van der Waals surface area (Å²) in [5.41, 5.74) is 1.57. The van der Waals surface area contributed by atoms with Gasteiger partial charge in [0.1, 0.15) is 5.69 Å². The maximum absolute atomic E-state index is 12.1. The Morgan fingerprint density at radius 2 is 2.15 bits per heavy atom. The Morgan fingerprint density at radius 3 is 2.80 bits per heavy atom. The molecular formula is C14H16N2O4. The predicted octanol–water partition coefficient (Wildman–Crippen LogP) is 2.09. The van der Waals surface area contributed by atoms with Crippen LogP contribution in [0.2, 0.25) is 0 Å². The fourth-order valence-electron chi connectivity index (χ4n) is 2.10. The first-order chi connectivity index (χ1) is 9.54. The third-order valence-corrected chi connectivity index (χ3v) is 2.92. The predicted molar refractivity (Wildman–Crippen MR) is 72.3 cm³/mol. The number of hydrogen-bond acceptors (Lipinski definition) is 4. The van der Waals surface area contributed by atoms with E-state index in [0.717, 1.165) is 0 Å². The number of aliphatic carboxylic acids is 1. The van der Waals surface area contributed by atoms with Gasteiger partial charge in [0.15, 0.2) is 17.2 Å². The van der Waals surface area contributed by atoms with Gasteiger partial charge in [-0.1, -0.05) is 0 Å². The summed E-state index contributed by atoms with van der Waals surface area (Å²) in [5, 5.41) is 8.66. The Kier molecular flexibility index (Phi) is 4.02. The van der Waals surface area contributed by atoms with Crippen molar-refractivity contribution in [2.75, 3.05) is 6.61 Å². The summed E-state index contributed by atoms with van der Waals surface area (Å²) in [5.74, 6) is -0.610. The zero-order chi connectivity index (χ0) is 14.7. The van der Waals surface area contributed by atoms with Crippen molar-refractivity contribution >= 4 is 17.4 Å². The van der Waals surface area contributed by atoms with Crippen molar-refractivity contribution in [1.82, 2.24) is 9.38 Å². The number of imidazole rings is 1. The summed E-state index contributed by atoms with van der Waals surface area (Å²) >= 11 is 0. The molecule has 2 aromatic heterocycles. The van der Waals surface area contributed by atoms with E-state index in [0.29, 0.717) is 29.4 Å². The van der Waals surface area contributed by atoms with Crippen molar-refractivity contribution < 1.29 is 19.4 Å². The van der Waals surface area contributed by atoms with Gasteiger partial charge < -0.3 is 9.84 Å². The summed E-state index contributed by atoms with van der Waals surface area (Å²) in [4.78, 5) is 27.1. The smallest absolute Gasteiger partial charge is 0.303 e. The van der Waals surface area contributed by atoms with Crippen molar-refractivity contribution in [3.63, 3.8) is 0 Å². The second kappa shape index (κ2) is 5.73. The minimum atomic E-state index is -0.986. The van der Waals surface area contributed by atoms with Crippen LogP contribution in [0.25, 0.3) is 5.65 Å². The fraction of sp³-hybridized carbons (Fsp3) is 0.357. The molecule has 0 unspecified atom stereocenters. The number of carboxylic acid groups (broad SMARTS) is 1. The van der Waals surface area contributed by atoms with Gasteiger partial charge in [0, 0.05) is 12.6 Å². The molecule has 0 saturated heterocycles. The van der Waals surface area contributed by atoms with Crippen LogP contribution in [0.1, 0.15) is 35.9 Å². The quantitative estimate of drug-likeness (QED) is 0.817. The lowest BCUT2D eigenvalue weighted by atomic mass is 10.1. The maximum atomic E-state index is 12.1. The number of carbonyl (C=O) groups excluding carboxylic acids is 1. The fourth-order valence-corrected chi connectivity index (χ4v) is 2.10. The van der Waals surface area contributed by atoms with Crippen LogP contribution in [-0.4, -0.2) is 32.9 Å². The van der Waals surface area contributed by atoms with E-state index >= 15 is 0 Å². The summed E-state index contributed by atoms with van der Waals surface area (Å²) in [6.45, 7) is 4.11. The number of rotatable bonds is 6. The van der Waals surface area contributed by atoms with E-state index in [-0.39, 0.29) is 18.6 Å². The Balaban J connectivity index is 2.43. The summed E-state index contributed by atoms with van der Waals surface area (Å²) < 4.78 is 7.13. The number of aromatic nitrogens is 2. The molecule has 0 radical (unpaired) electrons. The number of pyridine rings is 1. The molecule has 0 aromatic carbocycles. The lowest BCUT2D eigenvalue weighted by Crippen LogP contribution is -2.08. The topological polar surface area (TPSA) is 80.9 Å². The van der Waals surface area contributed by atoms with E-state index in [4.69, 9.17) is 9.84 Å². The minimum Gasteiger partial charge on any atom is -0.490 e. The molecule has 6 nitrogen and oxygen atoms in total. The second-order valence-corrected chi connectivity index (χ2v) is 4.36.